The molecule has 0 aromatic carbocycles. The molecule has 0 aliphatic carbocycles. The largest absolute Gasteiger partial charge is 0.329 e. The fourth-order valence-corrected chi connectivity index (χ4v) is 2.26. The van der Waals surface area contributed by atoms with Gasteiger partial charge in [-0.2, -0.15) is 5.10 Å². The number of hydrogen-bond donors (Lipinski definition) is 1. The summed E-state index contributed by atoms with van der Waals surface area (Å²) in [5, 5.41) is 4.51. The maximum atomic E-state index is 12.6. The number of hydrogen-bond acceptors (Lipinski definition) is 3. The predicted molar refractivity (Wildman–Crippen MR) is 69.3 cm³/mol. The number of carbonyl (C=O) groups excluding carboxylic acids is 1. The highest BCUT2D eigenvalue weighted by atomic mass is 35.5. The van der Waals surface area contributed by atoms with Crippen LogP contribution in [0.5, 0.6) is 0 Å². The molecule has 0 saturated carbocycles. The van der Waals surface area contributed by atoms with Crippen LogP contribution in [0.15, 0.2) is 6.20 Å². The fraction of sp³-hybridized carbons (Fsp3) is 0.667. The summed E-state index contributed by atoms with van der Waals surface area (Å²) in [7, 11) is 0. The molecule has 0 aliphatic heterocycles. The molecular weight excluding hydrogens is 238 g/mol. The molecule has 0 amide bonds. The summed E-state index contributed by atoms with van der Waals surface area (Å²) in [5.74, 6) is 0.00866. The molecule has 96 valence electrons. The predicted octanol–water partition coefficient (Wildman–Crippen LogP) is 2.50. The van der Waals surface area contributed by atoms with Gasteiger partial charge in [-0.25, -0.2) is 0 Å². The number of nitrogens with two attached hydrogens (primary N) is 1. The molecule has 1 rings (SSSR count). The number of aryl methyl sites for hydroxylation is 1. The van der Waals surface area contributed by atoms with Crippen LogP contribution in [0.4, 0.5) is 0 Å². The first kappa shape index (κ1) is 14.2. The molecule has 0 saturated heterocycles. The van der Waals surface area contributed by atoms with Crippen LogP contribution < -0.4 is 5.73 Å². The third-order valence-corrected chi connectivity index (χ3v) is 3.81. The van der Waals surface area contributed by atoms with E-state index < -0.39 is 5.41 Å². The van der Waals surface area contributed by atoms with Crippen LogP contribution in [0.3, 0.4) is 0 Å². The van der Waals surface area contributed by atoms with Gasteiger partial charge in [0, 0.05) is 18.5 Å². The van der Waals surface area contributed by atoms with Crippen molar-refractivity contribution in [3.8, 4) is 0 Å². The molecule has 0 atom stereocenters. The Balaban J connectivity index is 3.22. The second-order valence-electron chi connectivity index (χ2n) is 4.18. The Bertz CT molecular complexity index is 388. The Hall–Kier alpha value is -0.870. The molecule has 0 aliphatic rings. The van der Waals surface area contributed by atoms with E-state index in [0.717, 1.165) is 0 Å². The lowest BCUT2D eigenvalue weighted by atomic mass is 9.77. The third kappa shape index (κ3) is 2.38. The SMILES string of the molecule is CCn1ncc(Cl)c1C(=O)C(CC)(CC)CN. The molecule has 0 radical (unpaired) electrons. The average molecular weight is 258 g/mol. The van der Waals surface area contributed by atoms with Gasteiger partial charge in [-0.1, -0.05) is 25.4 Å². The lowest BCUT2D eigenvalue weighted by Crippen LogP contribution is -2.38. The maximum Gasteiger partial charge on any atom is 0.189 e. The number of aromatic nitrogens is 2. The Morgan fingerprint density at radius 3 is 2.47 bits per heavy atom. The number of halogens is 1. The number of rotatable bonds is 6. The van der Waals surface area contributed by atoms with Crippen LogP contribution in [-0.2, 0) is 6.54 Å². The second-order valence-corrected chi connectivity index (χ2v) is 4.58. The van der Waals surface area contributed by atoms with E-state index in [9.17, 15) is 4.79 Å². The highest BCUT2D eigenvalue weighted by Crippen LogP contribution is 2.32. The minimum atomic E-state index is -0.517. The zero-order chi connectivity index (χ0) is 13.1. The first-order valence-electron chi connectivity index (χ1n) is 6.02. The van der Waals surface area contributed by atoms with E-state index in [1.807, 2.05) is 20.8 Å². The van der Waals surface area contributed by atoms with E-state index in [-0.39, 0.29) is 5.78 Å². The van der Waals surface area contributed by atoms with E-state index in [1.165, 1.54) is 6.20 Å². The van der Waals surface area contributed by atoms with Gasteiger partial charge in [-0.15, -0.1) is 0 Å². The van der Waals surface area contributed by atoms with Gasteiger partial charge in [0.1, 0.15) is 5.69 Å². The van der Waals surface area contributed by atoms with Gasteiger partial charge < -0.3 is 5.73 Å². The van der Waals surface area contributed by atoms with E-state index >= 15 is 0 Å². The fourth-order valence-electron chi connectivity index (χ4n) is 2.03. The minimum Gasteiger partial charge on any atom is -0.329 e. The van der Waals surface area contributed by atoms with Gasteiger partial charge in [0.15, 0.2) is 5.78 Å². The standard InChI is InChI=1S/C12H20ClN3O/c1-4-12(5-2,8-14)11(17)10-9(13)7-15-16(10)6-3/h7H,4-6,8,14H2,1-3H3. The number of ketones is 1. The Morgan fingerprint density at radius 1 is 1.47 bits per heavy atom. The summed E-state index contributed by atoms with van der Waals surface area (Å²) in [4.78, 5) is 12.6. The van der Waals surface area contributed by atoms with Gasteiger partial charge in [0.05, 0.1) is 11.2 Å². The molecule has 1 heterocycles. The van der Waals surface area contributed by atoms with Crippen molar-refractivity contribution in [2.24, 2.45) is 11.1 Å². The molecule has 0 bridgehead atoms. The molecule has 0 spiro atoms. The summed E-state index contributed by atoms with van der Waals surface area (Å²) in [6, 6.07) is 0. The normalized spacial score (nSPS) is 11.8. The lowest BCUT2D eigenvalue weighted by molar-refractivity contribution is 0.0775. The first-order chi connectivity index (χ1) is 8.06. The zero-order valence-corrected chi connectivity index (χ0v) is 11.4. The second kappa shape index (κ2) is 5.65. The summed E-state index contributed by atoms with van der Waals surface area (Å²) < 4.78 is 1.64. The van der Waals surface area contributed by atoms with Crippen LogP contribution in [-0.4, -0.2) is 22.1 Å². The highest BCUT2D eigenvalue weighted by molar-refractivity contribution is 6.33. The van der Waals surface area contributed by atoms with Crippen molar-refractivity contribution in [2.75, 3.05) is 6.54 Å². The van der Waals surface area contributed by atoms with Crippen molar-refractivity contribution in [1.29, 1.82) is 0 Å². The van der Waals surface area contributed by atoms with E-state index in [1.54, 1.807) is 4.68 Å². The summed E-state index contributed by atoms with van der Waals surface area (Å²) in [6.07, 6.45) is 2.94. The Morgan fingerprint density at radius 2 is 2.06 bits per heavy atom. The van der Waals surface area contributed by atoms with Crippen molar-refractivity contribution in [1.82, 2.24) is 9.78 Å². The molecule has 17 heavy (non-hydrogen) atoms. The van der Waals surface area contributed by atoms with Crippen molar-refractivity contribution in [3.63, 3.8) is 0 Å². The Labute approximate surface area is 107 Å². The van der Waals surface area contributed by atoms with Crippen molar-refractivity contribution in [2.45, 2.75) is 40.2 Å². The van der Waals surface area contributed by atoms with Gasteiger partial charge in [-0.3, -0.25) is 9.48 Å². The molecule has 0 fully saturated rings. The van der Waals surface area contributed by atoms with E-state index in [4.69, 9.17) is 17.3 Å². The first-order valence-corrected chi connectivity index (χ1v) is 6.40. The molecule has 1 aromatic heterocycles. The molecule has 4 nitrogen and oxygen atoms in total. The number of carbonyl (C=O) groups is 1. The quantitative estimate of drug-likeness (QED) is 0.797. The monoisotopic (exact) mass is 257 g/mol. The van der Waals surface area contributed by atoms with Crippen LogP contribution in [0.2, 0.25) is 5.02 Å². The maximum absolute atomic E-state index is 12.6. The van der Waals surface area contributed by atoms with Crippen LogP contribution >= 0.6 is 11.6 Å². The average Bonchev–Trinajstić information content (AvgIpc) is 2.73. The van der Waals surface area contributed by atoms with Crippen molar-refractivity contribution in [3.05, 3.63) is 16.9 Å². The minimum absolute atomic E-state index is 0.00866. The summed E-state index contributed by atoms with van der Waals surface area (Å²) in [5.41, 5.74) is 5.76. The van der Waals surface area contributed by atoms with Gasteiger partial charge in [0.2, 0.25) is 0 Å². The molecule has 2 N–H and O–H groups in total. The van der Waals surface area contributed by atoms with E-state index in [2.05, 4.69) is 5.10 Å². The van der Waals surface area contributed by atoms with Crippen LogP contribution in [0.25, 0.3) is 0 Å². The van der Waals surface area contributed by atoms with Gasteiger partial charge in [0.25, 0.3) is 0 Å². The lowest BCUT2D eigenvalue weighted by Gasteiger charge is -2.28. The third-order valence-electron chi connectivity index (χ3n) is 3.54. The molecule has 0 unspecified atom stereocenters. The van der Waals surface area contributed by atoms with Gasteiger partial charge >= 0.3 is 0 Å². The van der Waals surface area contributed by atoms with E-state index in [0.29, 0.717) is 36.6 Å². The van der Waals surface area contributed by atoms with Crippen molar-refractivity contribution < 1.29 is 4.79 Å². The Kier molecular flexibility index (Phi) is 4.71. The summed E-state index contributed by atoms with van der Waals surface area (Å²) >= 11 is 6.05. The smallest absolute Gasteiger partial charge is 0.189 e. The molecular formula is C12H20ClN3O. The molecule has 1 aromatic rings. The van der Waals surface area contributed by atoms with Crippen LogP contribution in [0.1, 0.15) is 44.1 Å². The summed E-state index contributed by atoms with van der Waals surface area (Å²) in [6.45, 7) is 6.86. The van der Waals surface area contributed by atoms with Crippen molar-refractivity contribution >= 4 is 17.4 Å². The number of nitrogens with zero attached hydrogens (tertiary/aromatic N) is 2. The zero-order valence-electron chi connectivity index (χ0n) is 10.7. The topological polar surface area (TPSA) is 60.9 Å². The highest BCUT2D eigenvalue weighted by Gasteiger charge is 2.37. The van der Waals surface area contributed by atoms with Gasteiger partial charge in [-0.05, 0) is 19.8 Å². The molecule has 5 heteroatoms. The number of Topliss-reactive ketones (excluding diaryl/α,β-unsaturated/α-hetero) is 1. The van der Waals surface area contributed by atoms with Crippen LogP contribution in [0, 0.1) is 5.41 Å².